The molecule has 1 amide bonds. The summed E-state index contributed by atoms with van der Waals surface area (Å²) in [4.78, 5) is 17.6. The number of benzene rings is 1. The summed E-state index contributed by atoms with van der Waals surface area (Å²) in [6.07, 6.45) is -1.29. The van der Waals surface area contributed by atoms with Gasteiger partial charge in [0.25, 0.3) is 0 Å². The van der Waals surface area contributed by atoms with Gasteiger partial charge in [-0.2, -0.15) is 13.2 Å². The van der Waals surface area contributed by atoms with Crippen LogP contribution in [0.25, 0.3) is 11.3 Å². The molecule has 2 aromatic rings. The molecule has 1 N–H and O–H groups in total. The second kappa shape index (κ2) is 8.67. The van der Waals surface area contributed by atoms with Gasteiger partial charge >= 0.3 is 6.18 Å². The summed E-state index contributed by atoms with van der Waals surface area (Å²) in [6.45, 7) is 1.46. The van der Waals surface area contributed by atoms with E-state index < -0.39 is 24.3 Å². The number of pyridine rings is 1. The largest absolute Gasteiger partial charge is 0.481 e. The van der Waals surface area contributed by atoms with Crippen LogP contribution in [0.5, 0.6) is 5.75 Å². The highest BCUT2D eigenvalue weighted by Crippen LogP contribution is 2.29. The molecular weight excluding hydrogens is 390 g/mol. The Kier molecular flexibility index (Phi) is 6.24. The van der Waals surface area contributed by atoms with E-state index in [-0.39, 0.29) is 11.9 Å². The highest BCUT2D eigenvalue weighted by Gasteiger charge is 2.29. The fourth-order valence-corrected chi connectivity index (χ4v) is 3.28. The molecule has 1 aliphatic rings. The molecule has 156 valence electrons. The Morgan fingerprint density at radius 2 is 1.97 bits per heavy atom. The van der Waals surface area contributed by atoms with E-state index in [0.717, 1.165) is 37.7 Å². The molecule has 9 heteroatoms. The molecular formula is C20H21F4N3O2. The highest BCUT2D eigenvalue weighted by molar-refractivity contribution is 5.73. The van der Waals surface area contributed by atoms with E-state index in [9.17, 15) is 22.4 Å². The predicted molar refractivity (Wildman–Crippen MR) is 100 cm³/mol. The van der Waals surface area contributed by atoms with E-state index in [1.807, 2.05) is 12.1 Å². The fourth-order valence-electron chi connectivity index (χ4n) is 3.28. The van der Waals surface area contributed by atoms with E-state index in [1.54, 1.807) is 6.20 Å². The molecule has 1 fully saturated rings. The molecule has 0 bridgehead atoms. The molecule has 1 saturated heterocycles. The standard InChI is InChI=1S/C20H21F4N3O2/c1-13(28)26-15-5-8-27(9-6-15)16-4-7-25-18(11-16)14-2-3-19(17(21)10-14)29-12-20(22,23)24/h2-4,7,10-11,15H,5-6,8-9,12H2,1H3,(H,26,28). The quantitative estimate of drug-likeness (QED) is 0.758. The van der Waals surface area contributed by atoms with Crippen molar-refractivity contribution in [3.05, 3.63) is 42.3 Å². The highest BCUT2D eigenvalue weighted by atomic mass is 19.4. The molecule has 3 rings (SSSR count). The van der Waals surface area contributed by atoms with Crippen molar-refractivity contribution in [1.29, 1.82) is 0 Å². The monoisotopic (exact) mass is 411 g/mol. The van der Waals surface area contributed by atoms with Gasteiger partial charge in [-0.3, -0.25) is 9.78 Å². The summed E-state index contributed by atoms with van der Waals surface area (Å²) >= 11 is 0. The minimum absolute atomic E-state index is 0.0423. The Morgan fingerprint density at radius 3 is 2.59 bits per heavy atom. The van der Waals surface area contributed by atoms with Gasteiger partial charge in [0.1, 0.15) is 0 Å². The molecule has 0 unspecified atom stereocenters. The Labute approximate surface area is 165 Å². The van der Waals surface area contributed by atoms with Crippen LogP contribution in [-0.2, 0) is 4.79 Å². The van der Waals surface area contributed by atoms with Crippen molar-refractivity contribution in [2.75, 3.05) is 24.6 Å². The van der Waals surface area contributed by atoms with E-state index in [4.69, 9.17) is 0 Å². The van der Waals surface area contributed by atoms with Gasteiger partial charge in [-0.05, 0) is 43.2 Å². The Balaban J connectivity index is 1.70. The molecule has 0 saturated carbocycles. The van der Waals surface area contributed by atoms with Gasteiger partial charge in [0, 0.05) is 43.5 Å². The smallest absolute Gasteiger partial charge is 0.422 e. The van der Waals surface area contributed by atoms with Crippen LogP contribution in [0.1, 0.15) is 19.8 Å². The van der Waals surface area contributed by atoms with Crippen molar-refractivity contribution < 1.29 is 27.1 Å². The van der Waals surface area contributed by atoms with Crippen molar-refractivity contribution in [2.24, 2.45) is 0 Å². The van der Waals surface area contributed by atoms with Crippen molar-refractivity contribution in [1.82, 2.24) is 10.3 Å². The fraction of sp³-hybridized carbons (Fsp3) is 0.400. The molecule has 0 atom stereocenters. The summed E-state index contributed by atoms with van der Waals surface area (Å²) < 4.78 is 55.4. The number of nitrogens with zero attached hydrogens (tertiary/aromatic N) is 2. The van der Waals surface area contributed by atoms with Crippen LogP contribution in [0.3, 0.4) is 0 Å². The molecule has 1 aliphatic heterocycles. The first-order valence-corrected chi connectivity index (χ1v) is 9.19. The number of aromatic nitrogens is 1. The van der Waals surface area contributed by atoms with Crippen molar-refractivity contribution >= 4 is 11.6 Å². The number of piperidine rings is 1. The predicted octanol–water partition coefficient (Wildman–Crippen LogP) is 3.93. The molecule has 29 heavy (non-hydrogen) atoms. The zero-order valence-electron chi connectivity index (χ0n) is 15.8. The number of hydrogen-bond donors (Lipinski definition) is 1. The molecule has 0 aliphatic carbocycles. The summed E-state index contributed by atoms with van der Waals surface area (Å²) in [5.41, 5.74) is 1.86. The lowest BCUT2D eigenvalue weighted by Crippen LogP contribution is -2.44. The number of nitrogens with one attached hydrogen (secondary N) is 1. The first-order valence-electron chi connectivity index (χ1n) is 9.19. The van der Waals surface area contributed by atoms with Crippen LogP contribution in [0.4, 0.5) is 23.2 Å². The van der Waals surface area contributed by atoms with Crippen LogP contribution in [-0.4, -0.2) is 42.8 Å². The Bertz CT molecular complexity index is 865. The first kappa shape index (κ1) is 20.9. The summed E-state index contributed by atoms with van der Waals surface area (Å²) in [6, 6.07) is 7.57. The maximum Gasteiger partial charge on any atom is 0.422 e. The lowest BCUT2D eigenvalue weighted by molar-refractivity contribution is -0.153. The molecule has 0 radical (unpaired) electrons. The number of carbonyl (C=O) groups excluding carboxylic acids is 1. The van der Waals surface area contributed by atoms with Crippen molar-refractivity contribution in [2.45, 2.75) is 32.0 Å². The number of anilines is 1. The van der Waals surface area contributed by atoms with E-state index in [0.29, 0.717) is 11.3 Å². The number of alkyl halides is 3. The van der Waals surface area contributed by atoms with Crippen molar-refractivity contribution in [3.63, 3.8) is 0 Å². The van der Waals surface area contributed by atoms with E-state index >= 15 is 0 Å². The minimum atomic E-state index is -4.53. The third-order valence-electron chi connectivity index (χ3n) is 4.63. The number of halogens is 4. The lowest BCUT2D eigenvalue weighted by Gasteiger charge is -2.33. The zero-order valence-corrected chi connectivity index (χ0v) is 15.8. The second-order valence-electron chi connectivity index (χ2n) is 6.91. The van der Waals surface area contributed by atoms with Gasteiger partial charge in [0.2, 0.25) is 5.91 Å². The lowest BCUT2D eigenvalue weighted by atomic mass is 10.0. The van der Waals surface area contributed by atoms with E-state index in [2.05, 4.69) is 19.9 Å². The summed E-state index contributed by atoms with van der Waals surface area (Å²) in [5.74, 6) is -1.38. The SMILES string of the molecule is CC(=O)NC1CCN(c2ccnc(-c3ccc(OCC(F)(F)F)c(F)c3)c2)CC1. The molecule has 1 aromatic heterocycles. The molecule has 0 spiro atoms. The van der Waals surface area contributed by atoms with Gasteiger partial charge in [0.05, 0.1) is 5.69 Å². The molecule has 1 aromatic carbocycles. The molecule has 2 heterocycles. The third-order valence-corrected chi connectivity index (χ3v) is 4.63. The topological polar surface area (TPSA) is 54.5 Å². The third kappa shape index (κ3) is 5.82. The number of amides is 1. The van der Waals surface area contributed by atoms with Crippen molar-refractivity contribution in [3.8, 4) is 17.0 Å². The number of rotatable bonds is 5. The normalized spacial score (nSPS) is 15.3. The average molecular weight is 411 g/mol. The van der Waals surface area contributed by atoms with Gasteiger partial charge in [0.15, 0.2) is 18.2 Å². The van der Waals surface area contributed by atoms with Crippen LogP contribution < -0.4 is 15.0 Å². The van der Waals surface area contributed by atoms with Gasteiger partial charge in [-0.15, -0.1) is 0 Å². The van der Waals surface area contributed by atoms with Crippen LogP contribution in [0.2, 0.25) is 0 Å². The van der Waals surface area contributed by atoms with Crippen LogP contribution in [0, 0.1) is 5.82 Å². The average Bonchev–Trinajstić information content (AvgIpc) is 2.66. The second-order valence-corrected chi connectivity index (χ2v) is 6.91. The number of ether oxygens (including phenoxy) is 1. The van der Waals surface area contributed by atoms with E-state index in [1.165, 1.54) is 19.1 Å². The Morgan fingerprint density at radius 1 is 1.24 bits per heavy atom. The minimum Gasteiger partial charge on any atom is -0.481 e. The summed E-state index contributed by atoms with van der Waals surface area (Å²) in [7, 11) is 0. The number of carbonyl (C=O) groups is 1. The maximum absolute atomic E-state index is 14.1. The van der Waals surface area contributed by atoms with Gasteiger partial charge in [-0.25, -0.2) is 4.39 Å². The zero-order chi connectivity index (χ0) is 21.0. The first-order chi connectivity index (χ1) is 13.7. The summed E-state index contributed by atoms with van der Waals surface area (Å²) in [5, 5.41) is 2.92. The molecule has 5 nitrogen and oxygen atoms in total. The van der Waals surface area contributed by atoms with Gasteiger partial charge < -0.3 is 15.0 Å². The number of hydrogen-bond acceptors (Lipinski definition) is 4. The van der Waals surface area contributed by atoms with Crippen LogP contribution >= 0.6 is 0 Å². The van der Waals surface area contributed by atoms with Gasteiger partial charge in [-0.1, -0.05) is 0 Å². The van der Waals surface area contributed by atoms with Crippen LogP contribution in [0.15, 0.2) is 36.5 Å². The Hall–Kier alpha value is -2.84. The maximum atomic E-state index is 14.1.